The molecular formula is C14H18ClF2NO2. The molecule has 0 aromatic heterocycles. The standard InChI is InChI=1S/C14H17F2NO2.ClH/c1-2-19-13(18)12-9-17(10-14(12,15)16)8-11-6-4-3-5-7-11;/h3-7,12H,2,8-10H2,1H3;1H. The lowest BCUT2D eigenvalue weighted by Gasteiger charge is -2.15. The Morgan fingerprint density at radius 3 is 2.65 bits per heavy atom. The van der Waals surface area contributed by atoms with Crippen molar-refractivity contribution in [2.45, 2.75) is 19.4 Å². The van der Waals surface area contributed by atoms with Gasteiger partial charge in [-0.3, -0.25) is 9.69 Å². The van der Waals surface area contributed by atoms with Gasteiger partial charge in [0.15, 0.2) is 0 Å². The number of rotatable bonds is 4. The molecule has 3 nitrogen and oxygen atoms in total. The average Bonchev–Trinajstić information content (AvgIpc) is 2.66. The maximum absolute atomic E-state index is 13.8. The summed E-state index contributed by atoms with van der Waals surface area (Å²) in [6.07, 6.45) is 0. The zero-order valence-electron chi connectivity index (χ0n) is 11.2. The van der Waals surface area contributed by atoms with Crippen LogP contribution in [0.4, 0.5) is 8.78 Å². The monoisotopic (exact) mass is 305 g/mol. The Labute approximate surface area is 123 Å². The molecule has 0 aliphatic carbocycles. The van der Waals surface area contributed by atoms with Crippen LogP contribution in [0.3, 0.4) is 0 Å². The van der Waals surface area contributed by atoms with E-state index < -0.39 is 24.4 Å². The highest BCUT2D eigenvalue weighted by Crippen LogP contribution is 2.34. The Hall–Kier alpha value is -1.20. The zero-order chi connectivity index (χ0) is 13.9. The normalized spacial score (nSPS) is 21.2. The molecule has 0 saturated carbocycles. The summed E-state index contributed by atoms with van der Waals surface area (Å²) >= 11 is 0. The van der Waals surface area contributed by atoms with Crippen molar-refractivity contribution in [3.63, 3.8) is 0 Å². The molecule has 1 fully saturated rings. The molecule has 1 saturated heterocycles. The van der Waals surface area contributed by atoms with E-state index in [1.807, 2.05) is 30.3 Å². The van der Waals surface area contributed by atoms with E-state index >= 15 is 0 Å². The number of hydrogen-bond acceptors (Lipinski definition) is 3. The molecule has 2 rings (SSSR count). The third-order valence-corrected chi connectivity index (χ3v) is 3.21. The predicted molar refractivity (Wildman–Crippen MR) is 74.0 cm³/mol. The van der Waals surface area contributed by atoms with Crippen LogP contribution < -0.4 is 0 Å². The molecule has 112 valence electrons. The number of carbonyl (C=O) groups is 1. The third-order valence-electron chi connectivity index (χ3n) is 3.21. The molecule has 1 aromatic rings. The summed E-state index contributed by atoms with van der Waals surface area (Å²) in [5.74, 6) is -5.17. The van der Waals surface area contributed by atoms with Gasteiger partial charge in [0.25, 0.3) is 5.92 Å². The zero-order valence-corrected chi connectivity index (χ0v) is 12.0. The topological polar surface area (TPSA) is 29.5 Å². The number of nitrogens with zero attached hydrogens (tertiary/aromatic N) is 1. The summed E-state index contributed by atoms with van der Waals surface area (Å²) in [7, 11) is 0. The molecule has 1 aliphatic rings. The van der Waals surface area contributed by atoms with Gasteiger partial charge in [-0.2, -0.15) is 0 Å². The number of esters is 1. The van der Waals surface area contributed by atoms with Gasteiger partial charge in [-0.15, -0.1) is 12.4 Å². The van der Waals surface area contributed by atoms with Crippen LogP contribution >= 0.6 is 12.4 Å². The summed E-state index contributed by atoms with van der Waals surface area (Å²) in [6, 6.07) is 9.38. The lowest BCUT2D eigenvalue weighted by molar-refractivity contribution is -0.157. The van der Waals surface area contributed by atoms with Gasteiger partial charge >= 0.3 is 5.97 Å². The quantitative estimate of drug-likeness (QED) is 0.801. The number of alkyl halides is 2. The van der Waals surface area contributed by atoms with E-state index in [1.54, 1.807) is 11.8 Å². The maximum atomic E-state index is 13.8. The van der Waals surface area contributed by atoms with Crippen molar-refractivity contribution in [2.75, 3.05) is 19.7 Å². The summed E-state index contributed by atoms with van der Waals surface area (Å²) in [5, 5.41) is 0. The molecular weight excluding hydrogens is 288 g/mol. The Bertz CT molecular complexity index is 442. The van der Waals surface area contributed by atoms with Gasteiger partial charge in [0, 0.05) is 13.1 Å². The number of benzene rings is 1. The minimum absolute atomic E-state index is 0. The minimum Gasteiger partial charge on any atom is -0.466 e. The number of likely N-dealkylation sites (tertiary alicyclic amines) is 1. The van der Waals surface area contributed by atoms with Gasteiger partial charge in [-0.25, -0.2) is 8.78 Å². The highest BCUT2D eigenvalue weighted by Gasteiger charge is 2.52. The summed E-state index contributed by atoms with van der Waals surface area (Å²) in [6.45, 7) is 1.81. The fourth-order valence-corrected chi connectivity index (χ4v) is 2.32. The van der Waals surface area contributed by atoms with Gasteiger partial charge in [-0.05, 0) is 12.5 Å². The van der Waals surface area contributed by atoms with Crippen molar-refractivity contribution in [2.24, 2.45) is 5.92 Å². The van der Waals surface area contributed by atoms with Gasteiger partial charge < -0.3 is 4.74 Å². The SMILES string of the molecule is CCOC(=O)C1CN(Cc2ccccc2)CC1(F)F.Cl. The van der Waals surface area contributed by atoms with E-state index in [9.17, 15) is 13.6 Å². The third kappa shape index (κ3) is 3.90. The minimum atomic E-state index is -3.01. The molecule has 20 heavy (non-hydrogen) atoms. The predicted octanol–water partition coefficient (Wildman–Crippen LogP) is 2.74. The lowest BCUT2D eigenvalue weighted by atomic mass is 10.1. The van der Waals surface area contributed by atoms with E-state index in [2.05, 4.69) is 0 Å². The summed E-state index contributed by atoms with van der Waals surface area (Å²) < 4.78 is 32.3. The number of hydrogen-bond donors (Lipinski definition) is 0. The van der Waals surface area contributed by atoms with E-state index in [1.165, 1.54) is 0 Å². The maximum Gasteiger partial charge on any atom is 0.316 e. The van der Waals surface area contributed by atoms with Crippen molar-refractivity contribution < 1.29 is 18.3 Å². The molecule has 1 aliphatic heterocycles. The lowest BCUT2D eigenvalue weighted by Crippen LogP contribution is -2.34. The average molecular weight is 306 g/mol. The van der Waals surface area contributed by atoms with E-state index in [0.29, 0.717) is 6.54 Å². The number of carbonyl (C=O) groups excluding carboxylic acids is 1. The molecule has 1 aromatic carbocycles. The molecule has 1 unspecified atom stereocenters. The molecule has 6 heteroatoms. The molecule has 0 amide bonds. The molecule has 0 spiro atoms. The van der Waals surface area contributed by atoms with Crippen molar-refractivity contribution in [3.05, 3.63) is 35.9 Å². The highest BCUT2D eigenvalue weighted by molar-refractivity contribution is 5.85. The van der Waals surface area contributed by atoms with Crippen LogP contribution in [0, 0.1) is 5.92 Å². The van der Waals surface area contributed by atoms with Gasteiger partial charge in [0.2, 0.25) is 0 Å². The van der Waals surface area contributed by atoms with Crippen LogP contribution in [0.5, 0.6) is 0 Å². The second-order valence-corrected chi connectivity index (χ2v) is 4.72. The number of ether oxygens (including phenoxy) is 1. The fraction of sp³-hybridized carbons (Fsp3) is 0.500. The van der Waals surface area contributed by atoms with E-state index in [0.717, 1.165) is 5.56 Å². The van der Waals surface area contributed by atoms with E-state index in [4.69, 9.17) is 4.74 Å². The Morgan fingerprint density at radius 2 is 2.05 bits per heavy atom. The largest absolute Gasteiger partial charge is 0.466 e. The smallest absolute Gasteiger partial charge is 0.316 e. The van der Waals surface area contributed by atoms with Gasteiger partial charge in [0.05, 0.1) is 13.2 Å². The van der Waals surface area contributed by atoms with Crippen molar-refractivity contribution in [3.8, 4) is 0 Å². The van der Waals surface area contributed by atoms with Crippen LogP contribution in [0.15, 0.2) is 30.3 Å². The van der Waals surface area contributed by atoms with Crippen LogP contribution in [0.2, 0.25) is 0 Å². The van der Waals surface area contributed by atoms with Crippen LogP contribution in [0.25, 0.3) is 0 Å². The molecule has 0 N–H and O–H groups in total. The van der Waals surface area contributed by atoms with Crippen LogP contribution in [-0.2, 0) is 16.1 Å². The Kier molecular flexibility index (Phi) is 5.89. The Morgan fingerprint density at radius 1 is 1.40 bits per heavy atom. The first-order chi connectivity index (χ1) is 9.03. The van der Waals surface area contributed by atoms with Crippen molar-refractivity contribution in [1.82, 2.24) is 4.90 Å². The second-order valence-electron chi connectivity index (χ2n) is 4.72. The van der Waals surface area contributed by atoms with Gasteiger partial charge in [0.1, 0.15) is 5.92 Å². The molecule has 1 atom stereocenters. The molecule has 0 radical (unpaired) electrons. The van der Waals surface area contributed by atoms with Crippen LogP contribution in [-0.4, -0.2) is 36.5 Å². The second kappa shape index (κ2) is 6.99. The number of halogens is 3. The highest BCUT2D eigenvalue weighted by atomic mass is 35.5. The van der Waals surface area contributed by atoms with Crippen molar-refractivity contribution >= 4 is 18.4 Å². The van der Waals surface area contributed by atoms with E-state index in [-0.39, 0.29) is 25.6 Å². The van der Waals surface area contributed by atoms with Crippen LogP contribution in [0.1, 0.15) is 12.5 Å². The fourth-order valence-electron chi connectivity index (χ4n) is 2.32. The first kappa shape index (κ1) is 16.9. The first-order valence-corrected chi connectivity index (χ1v) is 6.33. The summed E-state index contributed by atoms with van der Waals surface area (Å²) in [4.78, 5) is 13.1. The molecule has 1 heterocycles. The summed E-state index contributed by atoms with van der Waals surface area (Å²) in [5.41, 5.74) is 0.961. The van der Waals surface area contributed by atoms with Gasteiger partial charge in [-0.1, -0.05) is 30.3 Å². The van der Waals surface area contributed by atoms with Crippen molar-refractivity contribution in [1.29, 1.82) is 0 Å². The Balaban J connectivity index is 0.00000200. The molecule has 0 bridgehead atoms. The first-order valence-electron chi connectivity index (χ1n) is 6.33.